The van der Waals surface area contributed by atoms with Crippen LogP contribution in [0.15, 0.2) is 66.7 Å². The molecule has 2 atom stereocenters. The predicted octanol–water partition coefficient (Wildman–Crippen LogP) is 2.63. The van der Waals surface area contributed by atoms with E-state index in [2.05, 4.69) is 15.4 Å². The molecule has 3 aromatic rings. The Labute approximate surface area is 232 Å². The summed E-state index contributed by atoms with van der Waals surface area (Å²) in [6, 6.07) is 16.8. The maximum atomic E-state index is 13.6. The Morgan fingerprint density at radius 1 is 1.05 bits per heavy atom. The molecule has 0 aromatic heterocycles. The average molecular weight is 594 g/mol. The van der Waals surface area contributed by atoms with Gasteiger partial charge in [-0.15, -0.1) is 0 Å². The molecule has 0 radical (unpaired) electrons. The van der Waals surface area contributed by atoms with Gasteiger partial charge in [0.15, 0.2) is 0 Å². The highest BCUT2D eigenvalue weighted by Crippen LogP contribution is 2.39. The van der Waals surface area contributed by atoms with Gasteiger partial charge in [0, 0.05) is 12.2 Å². The average Bonchev–Trinajstić information content (AvgIpc) is 2.88. The van der Waals surface area contributed by atoms with Crippen LogP contribution in [0.3, 0.4) is 0 Å². The number of aliphatic hydroxyl groups excluding tert-OH is 1. The number of methoxy groups -OCH3 is 1. The predicted molar refractivity (Wildman–Crippen MR) is 151 cm³/mol. The molecule has 1 amide bonds. The quantitative estimate of drug-likeness (QED) is 0.121. The van der Waals surface area contributed by atoms with Crippen molar-refractivity contribution in [3.63, 3.8) is 0 Å². The topological polar surface area (TPSA) is 195 Å². The summed E-state index contributed by atoms with van der Waals surface area (Å²) in [5.41, 5.74) is 0.135. The number of aromatic hydroxyl groups is 1. The van der Waals surface area contributed by atoms with Crippen molar-refractivity contribution in [1.29, 1.82) is 0 Å². The summed E-state index contributed by atoms with van der Waals surface area (Å²) < 4.78 is 41.9. The monoisotopic (exact) mass is 593 g/mol. The Balaban J connectivity index is 1.85. The molecule has 7 N–H and O–H groups in total. The summed E-state index contributed by atoms with van der Waals surface area (Å²) in [5, 5.41) is 26.7. The van der Waals surface area contributed by atoms with Gasteiger partial charge in [-0.25, -0.2) is 8.42 Å². The summed E-state index contributed by atoms with van der Waals surface area (Å²) in [7, 11) is -6.41. The number of hydrogen-bond donors (Lipinski definition) is 7. The smallest absolute Gasteiger partial charge is 0.329 e. The van der Waals surface area contributed by atoms with E-state index in [1.165, 1.54) is 49.6 Å². The number of amides is 1. The van der Waals surface area contributed by atoms with Crippen LogP contribution in [0.2, 0.25) is 0 Å². The molecule has 0 heterocycles. The molecule has 0 saturated carbocycles. The lowest BCUT2D eigenvalue weighted by Gasteiger charge is -2.31. The van der Waals surface area contributed by atoms with Crippen LogP contribution in [-0.4, -0.2) is 54.2 Å². The minimum Gasteiger partial charge on any atom is -0.506 e. The molecular weight excluding hydrogens is 561 g/mol. The van der Waals surface area contributed by atoms with Gasteiger partial charge in [0.2, 0.25) is 15.9 Å². The Morgan fingerprint density at radius 3 is 2.23 bits per heavy atom. The summed E-state index contributed by atoms with van der Waals surface area (Å²) in [6.07, 6.45) is -0.692. The molecule has 2 unspecified atom stereocenters. The number of aliphatic hydroxyl groups is 1. The molecule has 40 heavy (non-hydrogen) atoms. The third kappa shape index (κ3) is 8.52. The van der Waals surface area contributed by atoms with E-state index in [-0.39, 0.29) is 23.5 Å². The van der Waals surface area contributed by atoms with E-state index >= 15 is 0 Å². The fourth-order valence-corrected chi connectivity index (χ4v) is 5.14. The number of ether oxygens (including phenoxy) is 1. The fraction of sp³-hybridized carbons (Fsp3) is 0.269. The van der Waals surface area contributed by atoms with E-state index in [1.54, 1.807) is 31.2 Å². The van der Waals surface area contributed by atoms with Gasteiger partial charge in [0.25, 0.3) is 0 Å². The first-order chi connectivity index (χ1) is 18.6. The standard InChI is InChI=1S/C26H32N3O9PS/c1-26(19-7-11-21(38-2)12-8-19,25(32)28-20-9-4-17(5-10-20)16-39(33,34)35)27-15-24(31)18-6-13-23(30)22(14-18)29-40(3,36)37/h4-14,24,27,29-31H,15-16H2,1-3H3,(H,28,32)(H2,33,34,35). The minimum atomic E-state index is -4.24. The summed E-state index contributed by atoms with van der Waals surface area (Å²) in [5.74, 6) is -0.233. The number of hydrogen-bond acceptors (Lipinski definition) is 8. The van der Waals surface area contributed by atoms with Gasteiger partial charge in [0.05, 0.1) is 31.3 Å². The van der Waals surface area contributed by atoms with Gasteiger partial charge >= 0.3 is 7.60 Å². The first-order valence-electron chi connectivity index (χ1n) is 11.9. The lowest BCUT2D eigenvalue weighted by atomic mass is 9.90. The van der Waals surface area contributed by atoms with Crippen molar-refractivity contribution in [2.24, 2.45) is 0 Å². The van der Waals surface area contributed by atoms with E-state index in [0.717, 1.165) is 6.26 Å². The minimum absolute atomic E-state index is 0.100. The molecule has 14 heteroatoms. The van der Waals surface area contributed by atoms with Crippen molar-refractivity contribution in [3.05, 3.63) is 83.4 Å². The number of anilines is 2. The SMILES string of the molecule is COc1ccc(C(C)(NCC(O)c2ccc(O)c(NS(C)(=O)=O)c2)C(=O)Nc2ccc(CP(=O)(O)O)cc2)cc1. The highest BCUT2D eigenvalue weighted by atomic mass is 32.2. The first kappa shape index (κ1) is 31.1. The summed E-state index contributed by atoms with van der Waals surface area (Å²) in [6.45, 7) is 1.48. The lowest BCUT2D eigenvalue weighted by molar-refractivity contribution is -0.122. The van der Waals surface area contributed by atoms with Crippen molar-refractivity contribution in [1.82, 2.24) is 5.32 Å². The van der Waals surface area contributed by atoms with Gasteiger partial charge in [-0.3, -0.25) is 19.4 Å². The number of phenolic OH excluding ortho intramolecular Hbond substituents is 1. The van der Waals surface area contributed by atoms with Crippen LogP contribution < -0.4 is 20.1 Å². The third-order valence-corrected chi connectivity index (χ3v) is 7.44. The zero-order chi connectivity index (χ0) is 29.7. The second-order valence-corrected chi connectivity index (χ2v) is 12.8. The van der Waals surface area contributed by atoms with Crippen LogP contribution >= 0.6 is 7.60 Å². The second kappa shape index (κ2) is 12.4. The molecule has 0 bridgehead atoms. The van der Waals surface area contributed by atoms with Crippen molar-refractivity contribution in [3.8, 4) is 11.5 Å². The van der Waals surface area contributed by atoms with E-state index in [4.69, 9.17) is 4.74 Å². The number of nitrogens with one attached hydrogen (secondary N) is 3. The molecule has 0 aliphatic heterocycles. The fourth-order valence-electron chi connectivity index (χ4n) is 3.89. The molecular formula is C26H32N3O9PS. The first-order valence-corrected chi connectivity index (χ1v) is 15.6. The maximum Gasteiger partial charge on any atom is 0.329 e. The molecule has 0 spiro atoms. The number of sulfonamides is 1. The largest absolute Gasteiger partial charge is 0.506 e. The molecule has 0 aliphatic rings. The number of rotatable bonds is 12. The Hall–Kier alpha value is -3.45. The molecule has 0 aliphatic carbocycles. The van der Waals surface area contributed by atoms with Crippen LogP contribution in [0, 0.1) is 0 Å². The Bertz CT molecular complexity index is 1490. The molecule has 3 aromatic carbocycles. The van der Waals surface area contributed by atoms with E-state index in [9.17, 15) is 37.8 Å². The lowest BCUT2D eigenvalue weighted by Crippen LogP contribution is -2.50. The van der Waals surface area contributed by atoms with Crippen molar-refractivity contribution < 1.29 is 42.5 Å². The van der Waals surface area contributed by atoms with Gasteiger partial charge in [0.1, 0.15) is 17.0 Å². The highest BCUT2D eigenvalue weighted by molar-refractivity contribution is 7.92. The van der Waals surface area contributed by atoms with Crippen LogP contribution in [0.4, 0.5) is 11.4 Å². The molecule has 0 fully saturated rings. The van der Waals surface area contributed by atoms with Crippen LogP contribution in [0.5, 0.6) is 11.5 Å². The number of carbonyl (C=O) groups excluding carboxylic acids is 1. The van der Waals surface area contributed by atoms with Crippen LogP contribution in [0.25, 0.3) is 0 Å². The Kier molecular flexibility index (Phi) is 9.62. The normalized spacial score (nSPS) is 14.2. The number of phenols is 1. The molecule has 0 saturated heterocycles. The van der Waals surface area contributed by atoms with Crippen molar-refractivity contribution in [2.75, 3.05) is 29.9 Å². The summed E-state index contributed by atoms with van der Waals surface area (Å²) >= 11 is 0. The highest BCUT2D eigenvalue weighted by Gasteiger charge is 2.36. The molecule has 216 valence electrons. The van der Waals surface area contributed by atoms with Crippen LogP contribution in [0.1, 0.15) is 29.7 Å². The molecule has 3 rings (SSSR count). The summed E-state index contributed by atoms with van der Waals surface area (Å²) in [4.78, 5) is 32.0. The number of carbonyl (C=O) groups is 1. The van der Waals surface area contributed by atoms with E-state index in [0.29, 0.717) is 22.6 Å². The van der Waals surface area contributed by atoms with Crippen molar-refractivity contribution in [2.45, 2.75) is 24.7 Å². The number of benzene rings is 3. The zero-order valence-electron chi connectivity index (χ0n) is 22.0. The molecule has 12 nitrogen and oxygen atoms in total. The maximum absolute atomic E-state index is 13.6. The van der Waals surface area contributed by atoms with Gasteiger partial charge in [-0.2, -0.15) is 0 Å². The van der Waals surface area contributed by atoms with E-state index in [1.807, 2.05) is 0 Å². The van der Waals surface area contributed by atoms with Gasteiger partial charge < -0.3 is 30.1 Å². The van der Waals surface area contributed by atoms with Gasteiger partial charge in [-0.1, -0.05) is 30.3 Å². The zero-order valence-corrected chi connectivity index (χ0v) is 23.7. The Morgan fingerprint density at radius 2 is 1.68 bits per heavy atom. The second-order valence-electron chi connectivity index (χ2n) is 9.37. The van der Waals surface area contributed by atoms with Crippen LogP contribution in [-0.2, 0) is 31.1 Å². The van der Waals surface area contributed by atoms with E-state index < -0.39 is 41.3 Å². The van der Waals surface area contributed by atoms with Gasteiger partial charge in [-0.05, 0) is 60.0 Å². The van der Waals surface area contributed by atoms with Crippen molar-refractivity contribution >= 4 is 34.9 Å². The third-order valence-electron chi connectivity index (χ3n) is 6.07.